The molecule has 1 aliphatic rings. The molecule has 0 aliphatic heterocycles. The molecule has 1 heterocycles. The lowest BCUT2D eigenvalue weighted by atomic mass is 9.93. The van der Waals surface area contributed by atoms with Crippen molar-refractivity contribution in [1.29, 1.82) is 0 Å². The smallest absolute Gasteiger partial charge is 0.0730 e. The molecule has 0 bridgehead atoms. The number of thiophene rings is 1. The first kappa shape index (κ1) is 11.9. The quantitative estimate of drug-likeness (QED) is 0.518. The van der Waals surface area contributed by atoms with Crippen LogP contribution in [0.15, 0.2) is 15.2 Å². The Kier molecular flexibility index (Phi) is 4.53. The van der Waals surface area contributed by atoms with Crippen LogP contribution in [0.1, 0.15) is 37.7 Å². The summed E-state index contributed by atoms with van der Waals surface area (Å²) in [4.78, 5) is 0. The van der Waals surface area contributed by atoms with E-state index in [1.165, 1.54) is 41.5 Å². The van der Waals surface area contributed by atoms with Gasteiger partial charge >= 0.3 is 0 Å². The minimum Gasteiger partial charge on any atom is -0.137 e. The van der Waals surface area contributed by atoms with Crippen LogP contribution >= 0.6 is 38.9 Å². The fourth-order valence-corrected chi connectivity index (χ4v) is 3.96. The highest BCUT2D eigenvalue weighted by atomic mass is 79.9. The van der Waals surface area contributed by atoms with Crippen LogP contribution in [0.4, 0.5) is 0 Å². The Hall–Kier alpha value is 0.470. The normalized spacial score (nSPS) is 27.6. The van der Waals surface area contributed by atoms with Gasteiger partial charge in [0, 0.05) is 5.38 Å². The van der Waals surface area contributed by atoms with Gasteiger partial charge in [-0.05, 0) is 58.1 Å². The Labute approximate surface area is 109 Å². The molecule has 0 aromatic carbocycles. The molecule has 15 heavy (non-hydrogen) atoms. The van der Waals surface area contributed by atoms with Gasteiger partial charge in [0.1, 0.15) is 0 Å². The summed E-state index contributed by atoms with van der Waals surface area (Å²) in [6.45, 7) is 0. The van der Waals surface area contributed by atoms with E-state index in [-0.39, 0.29) is 0 Å². The summed E-state index contributed by atoms with van der Waals surface area (Å²) in [7, 11) is 0. The molecule has 2 unspecified atom stereocenters. The minimum atomic E-state index is 0.388. The van der Waals surface area contributed by atoms with Crippen LogP contribution in [-0.2, 0) is 6.42 Å². The summed E-state index contributed by atoms with van der Waals surface area (Å²) in [5.41, 5.74) is 1.44. The van der Waals surface area contributed by atoms with E-state index in [4.69, 9.17) is 11.6 Å². The average Bonchev–Trinajstić information content (AvgIpc) is 2.50. The number of hydrogen-bond acceptors (Lipinski definition) is 1. The summed E-state index contributed by atoms with van der Waals surface area (Å²) in [6, 6.07) is 2.23. The van der Waals surface area contributed by atoms with Crippen LogP contribution in [-0.4, -0.2) is 5.38 Å². The van der Waals surface area contributed by atoms with Gasteiger partial charge in [0.05, 0.1) is 3.79 Å². The predicted molar refractivity (Wildman–Crippen MR) is 71.9 cm³/mol. The molecule has 0 saturated heterocycles. The maximum atomic E-state index is 6.44. The largest absolute Gasteiger partial charge is 0.137 e. The van der Waals surface area contributed by atoms with E-state index in [0.717, 1.165) is 6.42 Å². The number of rotatable bonds is 2. The number of halogens is 2. The molecule has 1 aromatic rings. The zero-order valence-corrected chi connectivity index (χ0v) is 11.9. The molecule has 1 aliphatic carbocycles. The minimum absolute atomic E-state index is 0.388. The van der Waals surface area contributed by atoms with Crippen LogP contribution in [0.2, 0.25) is 0 Å². The van der Waals surface area contributed by atoms with Crippen LogP contribution in [0.25, 0.3) is 0 Å². The molecule has 0 spiro atoms. The molecular weight excluding hydrogens is 292 g/mol. The standard InChI is InChI=1S/C12H16BrClS/c13-12-10(6-7-15-12)8-9-4-2-1-3-5-11(9)14/h6-7,9,11H,1-5,8H2. The highest BCUT2D eigenvalue weighted by Crippen LogP contribution is 2.33. The molecule has 2 rings (SSSR count). The van der Waals surface area contributed by atoms with E-state index in [2.05, 4.69) is 27.4 Å². The zero-order valence-electron chi connectivity index (χ0n) is 8.72. The Bertz CT molecular complexity index is 310. The molecule has 0 nitrogen and oxygen atoms in total. The van der Waals surface area contributed by atoms with E-state index < -0.39 is 0 Å². The molecule has 2 atom stereocenters. The van der Waals surface area contributed by atoms with Gasteiger partial charge in [-0.3, -0.25) is 0 Å². The molecule has 3 heteroatoms. The summed E-state index contributed by atoms with van der Waals surface area (Å²) < 4.78 is 1.29. The maximum absolute atomic E-state index is 6.44. The van der Waals surface area contributed by atoms with Crippen molar-refractivity contribution in [2.24, 2.45) is 5.92 Å². The van der Waals surface area contributed by atoms with E-state index in [9.17, 15) is 0 Å². The van der Waals surface area contributed by atoms with Gasteiger partial charge in [-0.1, -0.05) is 19.3 Å². The maximum Gasteiger partial charge on any atom is 0.0730 e. The third kappa shape index (κ3) is 3.21. The fourth-order valence-electron chi connectivity index (χ4n) is 2.32. The van der Waals surface area contributed by atoms with E-state index in [1.807, 2.05) is 0 Å². The Morgan fingerprint density at radius 2 is 2.13 bits per heavy atom. The molecular formula is C12H16BrClS. The first-order valence-electron chi connectivity index (χ1n) is 5.63. The Morgan fingerprint density at radius 3 is 2.87 bits per heavy atom. The second kappa shape index (κ2) is 5.70. The Morgan fingerprint density at radius 1 is 1.33 bits per heavy atom. The van der Waals surface area contributed by atoms with E-state index in [0.29, 0.717) is 11.3 Å². The predicted octanol–water partition coefficient (Wildman–Crippen LogP) is 5.24. The summed E-state index contributed by atoms with van der Waals surface area (Å²) in [5, 5.41) is 2.54. The van der Waals surface area contributed by atoms with Gasteiger partial charge in [-0.15, -0.1) is 22.9 Å². The lowest BCUT2D eigenvalue weighted by Gasteiger charge is -2.19. The van der Waals surface area contributed by atoms with E-state index in [1.54, 1.807) is 11.3 Å². The van der Waals surface area contributed by atoms with Crippen LogP contribution in [0, 0.1) is 5.92 Å². The molecule has 0 amide bonds. The second-order valence-electron chi connectivity index (χ2n) is 4.34. The molecule has 0 radical (unpaired) electrons. The zero-order chi connectivity index (χ0) is 10.7. The number of alkyl halides is 1. The van der Waals surface area contributed by atoms with Gasteiger partial charge in [0.25, 0.3) is 0 Å². The van der Waals surface area contributed by atoms with Crippen LogP contribution < -0.4 is 0 Å². The monoisotopic (exact) mass is 306 g/mol. The van der Waals surface area contributed by atoms with Crippen molar-refractivity contribution in [1.82, 2.24) is 0 Å². The van der Waals surface area contributed by atoms with Crippen molar-refractivity contribution in [2.45, 2.75) is 43.9 Å². The van der Waals surface area contributed by atoms with Gasteiger partial charge in [-0.2, -0.15) is 0 Å². The van der Waals surface area contributed by atoms with Crippen molar-refractivity contribution in [3.05, 3.63) is 20.8 Å². The van der Waals surface area contributed by atoms with Crippen molar-refractivity contribution in [2.75, 3.05) is 0 Å². The van der Waals surface area contributed by atoms with E-state index >= 15 is 0 Å². The van der Waals surface area contributed by atoms with Crippen LogP contribution in [0.3, 0.4) is 0 Å². The molecule has 1 saturated carbocycles. The van der Waals surface area contributed by atoms with Crippen molar-refractivity contribution >= 4 is 38.9 Å². The third-order valence-corrected chi connectivity index (χ3v) is 5.63. The third-order valence-electron chi connectivity index (χ3n) is 3.24. The topological polar surface area (TPSA) is 0 Å². The SMILES string of the molecule is ClC1CCCCCC1Cc1ccsc1Br. The fraction of sp³-hybridized carbons (Fsp3) is 0.667. The average molecular weight is 308 g/mol. The van der Waals surface area contributed by atoms with Crippen molar-refractivity contribution < 1.29 is 0 Å². The second-order valence-corrected chi connectivity index (χ2v) is 7.13. The molecule has 84 valence electrons. The first-order valence-corrected chi connectivity index (χ1v) is 7.74. The summed E-state index contributed by atoms with van der Waals surface area (Å²) >= 11 is 11.8. The van der Waals surface area contributed by atoms with Crippen LogP contribution in [0.5, 0.6) is 0 Å². The number of hydrogen-bond donors (Lipinski definition) is 0. The highest BCUT2D eigenvalue weighted by molar-refractivity contribution is 9.11. The van der Waals surface area contributed by atoms with Gasteiger partial charge in [0.15, 0.2) is 0 Å². The summed E-state index contributed by atoms with van der Waals surface area (Å²) in [5.74, 6) is 0.681. The van der Waals surface area contributed by atoms with Crippen molar-refractivity contribution in [3.8, 4) is 0 Å². The lowest BCUT2D eigenvalue weighted by molar-refractivity contribution is 0.465. The molecule has 1 fully saturated rings. The highest BCUT2D eigenvalue weighted by Gasteiger charge is 2.22. The Balaban J connectivity index is 2.00. The molecule has 1 aromatic heterocycles. The summed E-state index contributed by atoms with van der Waals surface area (Å²) in [6.07, 6.45) is 7.69. The van der Waals surface area contributed by atoms with Gasteiger partial charge < -0.3 is 0 Å². The first-order chi connectivity index (χ1) is 7.27. The lowest BCUT2D eigenvalue weighted by Crippen LogP contribution is -2.15. The van der Waals surface area contributed by atoms with Crippen molar-refractivity contribution in [3.63, 3.8) is 0 Å². The van der Waals surface area contributed by atoms with Gasteiger partial charge in [0.2, 0.25) is 0 Å². The van der Waals surface area contributed by atoms with Gasteiger partial charge in [-0.25, -0.2) is 0 Å². The molecule has 0 N–H and O–H groups in total.